The summed E-state index contributed by atoms with van der Waals surface area (Å²) in [5, 5.41) is 44.4. The summed E-state index contributed by atoms with van der Waals surface area (Å²) in [5.74, 6) is 0. The average Bonchev–Trinajstić information content (AvgIpc) is 3.08. The molecule has 1 unspecified atom stereocenters. The van der Waals surface area contributed by atoms with Crippen molar-refractivity contribution >= 4 is 27.6 Å². The molecule has 1 saturated heterocycles. The molecule has 2 aromatic carbocycles. The van der Waals surface area contributed by atoms with Gasteiger partial charge in [0.15, 0.2) is 6.10 Å². The van der Waals surface area contributed by atoms with E-state index in [4.69, 9.17) is 9.57 Å². The van der Waals surface area contributed by atoms with Gasteiger partial charge in [-0.3, -0.25) is 0 Å². The maximum atomic E-state index is 10.3. The Morgan fingerprint density at radius 3 is 2.56 bits per heavy atom. The zero-order valence-electron chi connectivity index (χ0n) is 13.0. The molecule has 5 atom stereocenters. The van der Waals surface area contributed by atoms with Gasteiger partial charge in [0.25, 0.3) is 0 Å². The summed E-state index contributed by atoms with van der Waals surface area (Å²) in [6.45, 7) is -0.526. The van der Waals surface area contributed by atoms with Crippen LogP contribution in [-0.2, 0) is 9.57 Å². The van der Waals surface area contributed by atoms with Crippen molar-refractivity contribution in [1.29, 1.82) is 0 Å². The Bertz CT molecular complexity index is 828. The predicted molar refractivity (Wildman–Crippen MR) is 91.9 cm³/mol. The lowest BCUT2D eigenvalue weighted by Gasteiger charge is -2.43. The van der Waals surface area contributed by atoms with Gasteiger partial charge >= 0.3 is 5.12 Å². The molecule has 2 aliphatic heterocycles. The number of nitrogens with zero attached hydrogens (tertiary/aromatic N) is 1. The summed E-state index contributed by atoms with van der Waals surface area (Å²) in [4.78, 5) is 5.32. The van der Waals surface area contributed by atoms with Crippen molar-refractivity contribution in [3.63, 3.8) is 0 Å². The van der Waals surface area contributed by atoms with Gasteiger partial charge in [0.05, 0.1) is 6.61 Å². The van der Waals surface area contributed by atoms with E-state index >= 15 is 0 Å². The second-order valence-electron chi connectivity index (χ2n) is 6.02. The fourth-order valence-electron chi connectivity index (χ4n) is 2.98. The number of thioether (sulfide) groups is 1. The number of aliphatic hydroxyl groups excluding tert-OH is 4. The Kier molecular flexibility index (Phi) is 4.19. The highest BCUT2D eigenvalue weighted by Crippen LogP contribution is 2.45. The molecule has 7 nitrogen and oxygen atoms in total. The topological polar surface area (TPSA) is 112 Å². The minimum absolute atomic E-state index is 0.477. The summed E-state index contributed by atoms with van der Waals surface area (Å²) < 4.78 is 5.53. The van der Waals surface area contributed by atoms with Crippen LogP contribution in [0.1, 0.15) is 5.56 Å². The summed E-state index contributed by atoms with van der Waals surface area (Å²) >= 11 is 1.00. The molecular weight excluding hydrogens is 346 g/mol. The number of benzene rings is 2. The summed E-state index contributed by atoms with van der Waals surface area (Å²) in [6, 6.07) is 13.6. The zero-order valence-corrected chi connectivity index (χ0v) is 13.8. The molecule has 0 amide bonds. The smallest absolute Gasteiger partial charge is 0.320 e. The van der Waals surface area contributed by atoms with Crippen molar-refractivity contribution in [3.05, 3.63) is 48.0 Å². The summed E-state index contributed by atoms with van der Waals surface area (Å²) in [5.41, 5.74) is 0.775. The van der Waals surface area contributed by atoms with Crippen molar-refractivity contribution in [3.8, 4) is 0 Å². The second kappa shape index (κ2) is 6.24. The van der Waals surface area contributed by atoms with Crippen LogP contribution in [-0.4, -0.2) is 61.6 Å². The predicted octanol–water partition coefficient (Wildman–Crippen LogP) is 0.392. The van der Waals surface area contributed by atoms with Gasteiger partial charge in [-0.1, -0.05) is 41.6 Å². The van der Waals surface area contributed by atoms with Gasteiger partial charge in [0.2, 0.25) is 0 Å². The van der Waals surface area contributed by atoms with Crippen LogP contribution in [0.5, 0.6) is 0 Å². The second-order valence-corrected chi connectivity index (χ2v) is 7.18. The molecule has 0 bridgehead atoms. The molecule has 4 rings (SSSR count). The maximum absolute atomic E-state index is 10.3. The van der Waals surface area contributed by atoms with Crippen LogP contribution in [0.4, 0.5) is 0 Å². The lowest BCUT2D eigenvalue weighted by atomic mass is 9.99. The Balaban J connectivity index is 1.62. The highest BCUT2D eigenvalue weighted by atomic mass is 32.2. The SMILES string of the molecule is OC[C@H]1OC2(ON=C(c3ccc4ccccc4c3)S2)[C@H](O)[C@@H](O)[C@@H]1O. The third kappa shape index (κ3) is 2.71. The molecule has 0 aromatic heterocycles. The Morgan fingerprint density at radius 2 is 1.80 bits per heavy atom. The quantitative estimate of drug-likeness (QED) is 0.611. The van der Waals surface area contributed by atoms with Crippen molar-refractivity contribution < 1.29 is 30.0 Å². The van der Waals surface area contributed by atoms with E-state index in [1.165, 1.54) is 0 Å². The lowest BCUT2D eigenvalue weighted by Crippen LogP contribution is -2.63. The number of oxime groups is 1. The lowest BCUT2D eigenvalue weighted by molar-refractivity contribution is -0.318. The number of rotatable bonds is 2. The molecule has 132 valence electrons. The van der Waals surface area contributed by atoms with E-state index in [-0.39, 0.29) is 0 Å². The van der Waals surface area contributed by atoms with E-state index in [0.29, 0.717) is 5.04 Å². The van der Waals surface area contributed by atoms with Crippen LogP contribution in [0.15, 0.2) is 47.6 Å². The number of aliphatic hydroxyl groups is 4. The number of hydrogen-bond donors (Lipinski definition) is 4. The average molecular weight is 363 g/mol. The van der Waals surface area contributed by atoms with Crippen LogP contribution < -0.4 is 0 Å². The number of fused-ring (bicyclic) bond motifs is 1. The van der Waals surface area contributed by atoms with Gasteiger partial charge in [0, 0.05) is 5.56 Å². The molecule has 4 N–H and O–H groups in total. The Morgan fingerprint density at radius 1 is 1.04 bits per heavy atom. The molecular formula is C17H17NO6S. The third-order valence-corrected chi connectivity index (χ3v) is 5.60. The zero-order chi connectivity index (χ0) is 17.6. The van der Waals surface area contributed by atoms with Crippen LogP contribution in [0.3, 0.4) is 0 Å². The fourth-order valence-corrected chi connectivity index (χ4v) is 4.08. The first-order valence-corrected chi connectivity index (χ1v) is 8.63. The molecule has 1 fully saturated rings. The Labute approximate surface area is 147 Å². The fraction of sp³-hybridized carbons (Fsp3) is 0.353. The molecule has 1 spiro atoms. The van der Waals surface area contributed by atoms with Crippen molar-refractivity contribution in [2.75, 3.05) is 6.61 Å². The van der Waals surface area contributed by atoms with Gasteiger partial charge in [-0.25, -0.2) is 0 Å². The van der Waals surface area contributed by atoms with Crippen LogP contribution in [0.25, 0.3) is 10.8 Å². The van der Waals surface area contributed by atoms with Crippen molar-refractivity contribution in [1.82, 2.24) is 0 Å². The van der Waals surface area contributed by atoms with E-state index in [1.54, 1.807) is 0 Å². The van der Waals surface area contributed by atoms with E-state index in [1.807, 2.05) is 42.5 Å². The first-order chi connectivity index (χ1) is 12.0. The van der Waals surface area contributed by atoms with Crippen LogP contribution in [0.2, 0.25) is 0 Å². The molecule has 25 heavy (non-hydrogen) atoms. The highest BCUT2D eigenvalue weighted by Gasteiger charge is 2.59. The van der Waals surface area contributed by atoms with E-state index in [2.05, 4.69) is 5.16 Å². The minimum atomic E-state index is -1.70. The van der Waals surface area contributed by atoms with E-state index in [9.17, 15) is 20.4 Å². The largest absolute Gasteiger partial charge is 0.394 e. The van der Waals surface area contributed by atoms with Crippen molar-refractivity contribution in [2.45, 2.75) is 29.5 Å². The molecule has 0 radical (unpaired) electrons. The minimum Gasteiger partial charge on any atom is -0.394 e. The number of hydrogen-bond acceptors (Lipinski definition) is 8. The maximum Gasteiger partial charge on any atom is 0.320 e. The van der Waals surface area contributed by atoms with Gasteiger partial charge in [-0.2, -0.15) is 0 Å². The third-order valence-electron chi connectivity index (χ3n) is 4.40. The van der Waals surface area contributed by atoms with Crippen molar-refractivity contribution in [2.24, 2.45) is 5.16 Å². The first kappa shape index (κ1) is 16.8. The normalized spacial score (nSPS) is 35.0. The van der Waals surface area contributed by atoms with Gasteiger partial charge < -0.3 is 30.0 Å². The van der Waals surface area contributed by atoms with Crippen LogP contribution in [0, 0.1) is 0 Å². The van der Waals surface area contributed by atoms with E-state index in [0.717, 1.165) is 28.1 Å². The van der Waals surface area contributed by atoms with E-state index < -0.39 is 36.1 Å². The summed E-state index contributed by atoms with van der Waals surface area (Å²) in [6.07, 6.45) is -5.56. The molecule has 2 aromatic rings. The molecule has 8 heteroatoms. The molecule has 2 heterocycles. The molecule has 2 aliphatic rings. The molecule has 0 saturated carbocycles. The standard InChI is InChI=1S/C17H17NO6S/c19-8-12-13(20)14(21)15(22)17(23-12)24-18-16(25-17)11-6-5-9-3-1-2-4-10(9)7-11/h1-7,12-15,19-22H,8H2/t12-,13-,14+,15-,17?/m1/s1. The van der Waals surface area contributed by atoms with Gasteiger partial charge in [-0.15, -0.1) is 0 Å². The molecule has 0 aliphatic carbocycles. The van der Waals surface area contributed by atoms with Gasteiger partial charge in [-0.05, 0) is 28.6 Å². The monoisotopic (exact) mass is 363 g/mol. The summed E-state index contributed by atoms with van der Waals surface area (Å²) in [7, 11) is 0. The Hall–Kier alpha value is -1.68. The van der Waals surface area contributed by atoms with Crippen LogP contribution >= 0.6 is 11.8 Å². The highest BCUT2D eigenvalue weighted by molar-refractivity contribution is 8.15. The number of ether oxygens (including phenoxy) is 1. The first-order valence-electron chi connectivity index (χ1n) is 7.81. The van der Waals surface area contributed by atoms with Gasteiger partial charge in [0.1, 0.15) is 23.4 Å².